The predicted molar refractivity (Wildman–Crippen MR) is 115 cm³/mol. The molecule has 2 aromatic rings. The molecule has 8 nitrogen and oxygen atoms in total. The second kappa shape index (κ2) is 11.4. The minimum Gasteiger partial charge on any atom is -0.508 e. The lowest BCUT2D eigenvalue weighted by atomic mass is 10.1. The van der Waals surface area contributed by atoms with Gasteiger partial charge in [0, 0.05) is 17.9 Å². The van der Waals surface area contributed by atoms with Crippen molar-refractivity contribution in [3.8, 4) is 5.75 Å². The summed E-state index contributed by atoms with van der Waals surface area (Å²) in [4.78, 5) is 12.5. The van der Waals surface area contributed by atoms with Crippen molar-refractivity contribution in [1.82, 2.24) is 15.5 Å². The van der Waals surface area contributed by atoms with Gasteiger partial charge in [-0.25, -0.2) is 0 Å². The number of hydrogen-bond donors (Lipinski definition) is 3. The highest BCUT2D eigenvalue weighted by Crippen LogP contribution is 2.23. The molecular weight excluding hydrogens is 392 g/mol. The van der Waals surface area contributed by atoms with Crippen molar-refractivity contribution in [2.75, 3.05) is 26.4 Å². The molecule has 1 aromatic carbocycles. The first-order chi connectivity index (χ1) is 13.8. The molecule has 1 aromatic heterocycles. The topological polar surface area (TPSA) is 104 Å². The van der Waals surface area contributed by atoms with Crippen molar-refractivity contribution >= 4 is 11.8 Å². The van der Waals surface area contributed by atoms with Gasteiger partial charge >= 0.3 is 0 Å². The first-order valence-electron chi connectivity index (χ1n) is 9.29. The van der Waals surface area contributed by atoms with Gasteiger partial charge in [-0.3, -0.25) is 10.1 Å². The Hall–Kier alpha value is -2.65. The van der Waals surface area contributed by atoms with E-state index in [2.05, 4.69) is 10.6 Å². The fraction of sp³-hybridized carbons (Fsp3) is 0.400. The SMILES string of the molecule is CC(NC(=C[N+](=O)[O-])NCCSCc1ccc(CN(C)C)o1)c1ccccc1O. The third-order valence-corrected chi connectivity index (χ3v) is 4.99. The Kier molecular flexibility index (Phi) is 8.88. The molecule has 0 bridgehead atoms. The number of thioether (sulfide) groups is 1. The average molecular weight is 421 g/mol. The maximum atomic E-state index is 10.9. The predicted octanol–water partition coefficient (Wildman–Crippen LogP) is 3.30. The quantitative estimate of drug-likeness (QED) is 0.273. The molecule has 0 amide bonds. The number of furan rings is 1. The minimum atomic E-state index is -0.505. The Bertz CT molecular complexity index is 822. The summed E-state index contributed by atoms with van der Waals surface area (Å²) in [5.74, 6) is 3.80. The van der Waals surface area contributed by atoms with Gasteiger partial charge in [-0.05, 0) is 39.2 Å². The van der Waals surface area contributed by atoms with Gasteiger partial charge in [-0.1, -0.05) is 18.2 Å². The summed E-state index contributed by atoms with van der Waals surface area (Å²) in [5.41, 5.74) is 0.671. The molecule has 3 N–H and O–H groups in total. The van der Waals surface area contributed by atoms with E-state index in [0.29, 0.717) is 17.9 Å². The molecule has 29 heavy (non-hydrogen) atoms. The monoisotopic (exact) mass is 420 g/mol. The molecule has 0 aliphatic heterocycles. The van der Waals surface area contributed by atoms with E-state index in [0.717, 1.165) is 35.8 Å². The van der Waals surface area contributed by atoms with Gasteiger partial charge in [-0.2, -0.15) is 11.8 Å². The van der Waals surface area contributed by atoms with Gasteiger partial charge in [0.1, 0.15) is 17.3 Å². The van der Waals surface area contributed by atoms with Crippen LogP contribution >= 0.6 is 11.8 Å². The van der Waals surface area contributed by atoms with Gasteiger partial charge in [0.05, 0.1) is 23.3 Å². The molecule has 0 saturated carbocycles. The summed E-state index contributed by atoms with van der Waals surface area (Å²) in [7, 11) is 3.99. The van der Waals surface area contributed by atoms with Gasteiger partial charge in [0.15, 0.2) is 5.82 Å². The second-order valence-corrected chi connectivity index (χ2v) is 7.94. The van der Waals surface area contributed by atoms with Crippen LogP contribution in [0.4, 0.5) is 0 Å². The van der Waals surface area contributed by atoms with Gasteiger partial charge < -0.3 is 25.1 Å². The fourth-order valence-electron chi connectivity index (χ4n) is 2.73. The molecule has 0 aliphatic rings. The Morgan fingerprint density at radius 3 is 2.72 bits per heavy atom. The van der Waals surface area contributed by atoms with E-state index < -0.39 is 4.92 Å². The Labute approximate surface area is 175 Å². The molecule has 0 aliphatic carbocycles. The summed E-state index contributed by atoms with van der Waals surface area (Å²) in [5, 5.41) is 27.0. The van der Waals surface area contributed by atoms with Crippen LogP contribution in [0.2, 0.25) is 0 Å². The highest BCUT2D eigenvalue weighted by Gasteiger charge is 2.13. The summed E-state index contributed by atoms with van der Waals surface area (Å²) < 4.78 is 5.77. The third-order valence-electron chi connectivity index (χ3n) is 4.01. The number of benzene rings is 1. The van der Waals surface area contributed by atoms with Gasteiger partial charge in [0.2, 0.25) is 0 Å². The van der Waals surface area contributed by atoms with Crippen LogP contribution < -0.4 is 10.6 Å². The molecule has 1 atom stereocenters. The number of hydrogen-bond acceptors (Lipinski definition) is 8. The normalized spacial score (nSPS) is 12.8. The van der Waals surface area contributed by atoms with Crippen LogP contribution in [0.1, 0.15) is 30.0 Å². The minimum absolute atomic E-state index is 0.149. The zero-order chi connectivity index (χ0) is 21.2. The zero-order valence-electron chi connectivity index (χ0n) is 16.9. The van der Waals surface area contributed by atoms with Crippen LogP contribution in [0.5, 0.6) is 5.75 Å². The van der Waals surface area contributed by atoms with Crippen molar-refractivity contribution in [2.45, 2.75) is 25.3 Å². The molecule has 1 heterocycles. The van der Waals surface area contributed by atoms with Crippen LogP contribution in [-0.2, 0) is 12.3 Å². The van der Waals surface area contributed by atoms with Crippen LogP contribution in [0, 0.1) is 10.1 Å². The Balaban J connectivity index is 1.80. The lowest BCUT2D eigenvalue weighted by Crippen LogP contribution is -2.30. The van der Waals surface area contributed by atoms with Crippen LogP contribution in [-0.4, -0.2) is 41.3 Å². The number of aromatic hydroxyl groups is 1. The smallest absolute Gasteiger partial charge is 0.274 e. The molecular formula is C20H28N4O4S. The molecule has 1 unspecified atom stereocenters. The number of para-hydroxylation sites is 1. The van der Waals surface area contributed by atoms with Gasteiger partial charge in [0.25, 0.3) is 6.20 Å². The van der Waals surface area contributed by atoms with Crippen molar-refractivity contribution in [3.05, 3.63) is 75.6 Å². The van der Waals surface area contributed by atoms with Crippen LogP contribution in [0.25, 0.3) is 0 Å². The van der Waals surface area contributed by atoms with E-state index in [9.17, 15) is 15.2 Å². The fourth-order valence-corrected chi connectivity index (χ4v) is 3.48. The maximum Gasteiger partial charge on any atom is 0.274 e. The van der Waals surface area contributed by atoms with E-state index in [1.165, 1.54) is 0 Å². The van der Waals surface area contributed by atoms with Crippen molar-refractivity contribution in [3.63, 3.8) is 0 Å². The highest BCUT2D eigenvalue weighted by molar-refractivity contribution is 7.98. The number of phenolic OH excluding ortho intramolecular Hbond substituents is 1. The standard InChI is InChI=1S/C20H28N4O4S/c1-15(18-6-4-5-7-19(18)25)22-20(13-24(26)27)21-10-11-29-14-17-9-8-16(28-17)12-23(2)3/h4-9,13,15,21-22,25H,10-12,14H2,1-3H3. The van der Waals surface area contributed by atoms with Crippen LogP contribution in [0.3, 0.4) is 0 Å². The van der Waals surface area contributed by atoms with E-state index in [1.54, 1.807) is 30.0 Å². The number of phenols is 1. The number of nitrogens with one attached hydrogen (secondary N) is 2. The van der Waals surface area contributed by atoms with E-state index in [-0.39, 0.29) is 11.8 Å². The Morgan fingerprint density at radius 1 is 1.31 bits per heavy atom. The number of nitro groups is 1. The summed E-state index contributed by atoms with van der Waals surface area (Å²) in [6, 6.07) is 10.6. The van der Waals surface area contributed by atoms with Gasteiger partial charge in [-0.15, -0.1) is 0 Å². The largest absolute Gasteiger partial charge is 0.508 e. The average Bonchev–Trinajstić information content (AvgIpc) is 3.07. The Morgan fingerprint density at radius 2 is 2.03 bits per heavy atom. The summed E-state index contributed by atoms with van der Waals surface area (Å²) >= 11 is 1.68. The molecule has 0 saturated heterocycles. The van der Waals surface area contributed by atoms with Crippen LogP contribution in [0.15, 0.2) is 52.8 Å². The van der Waals surface area contributed by atoms with E-state index >= 15 is 0 Å². The first kappa shape index (κ1) is 22.6. The molecule has 9 heteroatoms. The van der Waals surface area contributed by atoms with Crippen molar-refractivity contribution in [2.24, 2.45) is 0 Å². The third kappa shape index (κ3) is 8.08. The zero-order valence-corrected chi connectivity index (χ0v) is 17.7. The first-order valence-corrected chi connectivity index (χ1v) is 10.4. The molecule has 0 fully saturated rings. The van der Waals surface area contributed by atoms with Crippen molar-refractivity contribution in [1.29, 1.82) is 0 Å². The lowest BCUT2D eigenvalue weighted by Gasteiger charge is -2.18. The highest BCUT2D eigenvalue weighted by atomic mass is 32.2. The summed E-state index contributed by atoms with van der Waals surface area (Å²) in [6.45, 7) is 3.15. The molecule has 0 spiro atoms. The number of nitrogens with zero attached hydrogens (tertiary/aromatic N) is 2. The maximum absolute atomic E-state index is 10.9. The van der Waals surface area contributed by atoms with E-state index in [4.69, 9.17) is 4.42 Å². The molecule has 0 radical (unpaired) electrons. The second-order valence-electron chi connectivity index (χ2n) is 6.84. The van der Waals surface area contributed by atoms with Crippen molar-refractivity contribution < 1.29 is 14.4 Å². The summed E-state index contributed by atoms with van der Waals surface area (Å²) in [6.07, 6.45) is 0.904. The number of rotatable bonds is 12. The lowest BCUT2D eigenvalue weighted by molar-refractivity contribution is -0.404. The molecule has 2 rings (SSSR count). The van der Waals surface area contributed by atoms with E-state index in [1.807, 2.05) is 44.1 Å². The molecule has 158 valence electrons.